The number of carboxylic acid groups (broad SMARTS) is 1. The van der Waals surface area contributed by atoms with Crippen LogP contribution in [0.15, 0.2) is 24.3 Å². The summed E-state index contributed by atoms with van der Waals surface area (Å²) in [6.07, 6.45) is 2.94. The summed E-state index contributed by atoms with van der Waals surface area (Å²) in [7, 11) is 0. The van der Waals surface area contributed by atoms with Crippen molar-refractivity contribution in [1.29, 1.82) is 0 Å². The van der Waals surface area contributed by atoms with Crippen molar-refractivity contribution in [3.05, 3.63) is 29.8 Å². The topological polar surface area (TPSA) is 46.5 Å². The van der Waals surface area contributed by atoms with Crippen LogP contribution in [0.2, 0.25) is 0 Å². The van der Waals surface area contributed by atoms with E-state index in [4.69, 9.17) is 0 Å². The molecule has 2 rings (SSSR count). The van der Waals surface area contributed by atoms with Gasteiger partial charge >= 0.3 is 12.6 Å². The molecule has 0 unspecified atom stereocenters. The van der Waals surface area contributed by atoms with Gasteiger partial charge in [-0.15, -0.1) is 0 Å². The Hall–Kier alpha value is -1.65. The number of carboxylic acids is 1. The zero-order valence-electron chi connectivity index (χ0n) is 9.73. The second kappa shape index (κ2) is 4.92. The second-order valence-corrected chi connectivity index (χ2v) is 4.50. The molecule has 1 saturated carbocycles. The molecule has 0 heterocycles. The molecule has 1 aromatic carbocycles. The van der Waals surface area contributed by atoms with Crippen molar-refractivity contribution >= 4 is 5.97 Å². The first-order valence-electron chi connectivity index (χ1n) is 5.83. The highest BCUT2D eigenvalue weighted by Crippen LogP contribution is 2.41. The van der Waals surface area contributed by atoms with E-state index in [-0.39, 0.29) is 5.75 Å². The lowest BCUT2D eigenvalue weighted by molar-refractivity contribution is -0.143. The van der Waals surface area contributed by atoms with Gasteiger partial charge in [-0.25, -0.2) is 0 Å². The van der Waals surface area contributed by atoms with Crippen molar-refractivity contribution in [1.82, 2.24) is 0 Å². The Morgan fingerprint density at radius 3 is 2.22 bits per heavy atom. The van der Waals surface area contributed by atoms with Crippen LogP contribution in [0.3, 0.4) is 0 Å². The Bertz CT molecular complexity index is 422. The van der Waals surface area contributed by atoms with Crippen molar-refractivity contribution in [2.24, 2.45) is 0 Å². The predicted molar refractivity (Wildman–Crippen MR) is 60.9 cm³/mol. The van der Waals surface area contributed by atoms with Crippen LogP contribution < -0.4 is 4.74 Å². The van der Waals surface area contributed by atoms with E-state index in [9.17, 15) is 18.7 Å². The summed E-state index contributed by atoms with van der Waals surface area (Å²) in [5.41, 5.74) is -0.197. The van der Waals surface area contributed by atoms with Crippen molar-refractivity contribution in [3.8, 4) is 5.75 Å². The molecular formula is C13H14F2O3. The van der Waals surface area contributed by atoms with Crippen LogP contribution in [-0.2, 0) is 10.2 Å². The van der Waals surface area contributed by atoms with Gasteiger partial charge in [-0.2, -0.15) is 8.78 Å². The molecule has 1 N–H and O–H groups in total. The highest BCUT2D eigenvalue weighted by atomic mass is 19.3. The fourth-order valence-electron chi connectivity index (χ4n) is 2.56. The third-order valence-corrected chi connectivity index (χ3v) is 3.50. The number of hydrogen-bond donors (Lipinski definition) is 1. The number of hydrogen-bond acceptors (Lipinski definition) is 2. The Balaban J connectivity index is 2.25. The number of benzene rings is 1. The van der Waals surface area contributed by atoms with Gasteiger partial charge in [-0.1, -0.05) is 25.0 Å². The van der Waals surface area contributed by atoms with E-state index in [0.29, 0.717) is 18.4 Å². The lowest BCUT2D eigenvalue weighted by Crippen LogP contribution is -2.32. The van der Waals surface area contributed by atoms with Crippen LogP contribution in [0, 0.1) is 0 Å². The maximum atomic E-state index is 12.0. The third-order valence-electron chi connectivity index (χ3n) is 3.50. The number of ether oxygens (including phenoxy) is 1. The predicted octanol–water partition coefficient (Wildman–Crippen LogP) is 3.18. The van der Waals surface area contributed by atoms with E-state index in [1.165, 1.54) is 12.1 Å². The summed E-state index contributed by atoms with van der Waals surface area (Å²) in [5, 5.41) is 9.38. The van der Waals surface area contributed by atoms with Crippen molar-refractivity contribution < 1.29 is 23.4 Å². The second-order valence-electron chi connectivity index (χ2n) is 4.50. The molecule has 1 aliphatic rings. The molecular weight excluding hydrogens is 242 g/mol. The average Bonchev–Trinajstić information content (AvgIpc) is 2.79. The molecule has 0 amide bonds. The molecule has 1 fully saturated rings. The van der Waals surface area contributed by atoms with Crippen LogP contribution in [0.1, 0.15) is 31.2 Å². The monoisotopic (exact) mass is 256 g/mol. The largest absolute Gasteiger partial charge is 0.481 e. The minimum Gasteiger partial charge on any atom is -0.481 e. The minimum atomic E-state index is -2.87. The van der Waals surface area contributed by atoms with E-state index < -0.39 is 18.0 Å². The summed E-state index contributed by atoms with van der Waals surface area (Å²) in [6, 6.07) is 5.92. The SMILES string of the molecule is O=C(O)C1(c2ccc(OC(F)F)cc2)CCCC1. The zero-order chi connectivity index (χ0) is 13.2. The van der Waals surface area contributed by atoms with E-state index in [1.54, 1.807) is 12.1 Å². The number of alkyl halides is 2. The van der Waals surface area contributed by atoms with Gasteiger partial charge in [0.05, 0.1) is 5.41 Å². The molecule has 5 heteroatoms. The number of halogens is 2. The molecule has 0 aromatic heterocycles. The van der Waals surface area contributed by atoms with Gasteiger partial charge in [0.25, 0.3) is 0 Å². The molecule has 0 radical (unpaired) electrons. The average molecular weight is 256 g/mol. The lowest BCUT2D eigenvalue weighted by Gasteiger charge is -2.24. The molecule has 0 bridgehead atoms. The Morgan fingerprint density at radius 1 is 1.22 bits per heavy atom. The van der Waals surface area contributed by atoms with Crippen molar-refractivity contribution in [2.45, 2.75) is 37.7 Å². The smallest absolute Gasteiger partial charge is 0.387 e. The van der Waals surface area contributed by atoms with Crippen LogP contribution >= 0.6 is 0 Å². The Morgan fingerprint density at radius 2 is 1.78 bits per heavy atom. The van der Waals surface area contributed by atoms with Gasteiger partial charge < -0.3 is 9.84 Å². The quantitative estimate of drug-likeness (QED) is 0.899. The van der Waals surface area contributed by atoms with Crippen LogP contribution in [0.4, 0.5) is 8.78 Å². The highest BCUT2D eigenvalue weighted by molar-refractivity contribution is 5.81. The summed E-state index contributed by atoms with van der Waals surface area (Å²) in [4.78, 5) is 11.4. The van der Waals surface area contributed by atoms with E-state index in [2.05, 4.69) is 4.74 Å². The van der Waals surface area contributed by atoms with Crippen molar-refractivity contribution in [3.63, 3.8) is 0 Å². The van der Waals surface area contributed by atoms with Gasteiger partial charge in [0.2, 0.25) is 0 Å². The number of carbonyl (C=O) groups is 1. The molecule has 0 aliphatic heterocycles. The minimum absolute atomic E-state index is 0.0484. The molecule has 0 saturated heterocycles. The Kier molecular flexibility index (Phi) is 3.50. The summed E-state index contributed by atoms with van der Waals surface area (Å²) in [5.74, 6) is -0.796. The first kappa shape index (κ1) is 12.8. The van der Waals surface area contributed by atoms with Crippen LogP contribution in [0.25, 0.3) is 0 Å². The van der Waals surface area contributed by atoms with Crippen molar-refractivity contribution in [2.75, 3.05) is 0 Å². The molecule has 18 heavy (non-hydrogen) atoms. The third kappa shape index (κ3) is 2.30. The maximum Gasteiger partial charge on any atom is 0.387 e. The first-order valence-corrected chi connectivity index (χ1v) is 5.83. The van der Waals surface area contributed by atoms with Crippen LogP contribution in [0.5, 0.6) is 5.75 Å². The fraction of sp³-hybridized carbons (Fsp3) is 0.462. The lowest BCUT2D eigenvalue weighted by atomic mass is 9.79. The molecule has 1 aromatic rings. The normalized spacial score (nSPS) is 17.9. The zero-order valence-corrected chi connectivity index (χ0v) is 9.73. The first-order chi connectivity index (χ1) is 8.54. The van der Waals surface area contributed by atoms with Gasteiger partial charge in [-0.05, 0) is 30.5 Å². The number of rotatable bonds is 4. The standard InChI is InChI=1S/C13H14F2O3/c14-12(15)18-10-5-3-9(4-6-10)13(11(16)17)7-1-2-8-13/h3-6,12H,1-2,7-8H2,(H,16,17). The van der Waals surface area contributed by atoms with E-state index in [1.807, 2.05) is 0 Å². The molecule has 98 valence electrons. The fourth-order valence-corrected chi connectivity index (χ4v) is 2.56. The summed E-state index contributed by atoms with van der Waals surface area (Å²) in [6.45, 7) is -2.87. The number of aliphatic carboxylic acids is 1. The van der Waals surface area contributed by atoms with Crippen LogP contribution in [-0.4, -0.2) is 17.7 Å². The summed E-state index contributed by atoms with van der Waals surface area (Å²) >= 11 is 0. The van der Waals surface area contributed by atoms with E-state index >= 15 is 0 Å². The summed E-state index contributed by atoms with van der Waals surface area (Å²) < 4.78 is 28.3. The van der Waals surface area contributed by atoms with Gasteiger partial charge in [0, 0.05) is 0 Å². The highest BCUT2D eigenvalue weighted by Gasteiger charge is 2.42. The van der Waals surface area contributed by atoms with E-state index in [0.717, 1.165) is 12.8 Å². The molecule has 0 atom stereocenters. The van der Waals surface area contributed by atoms with Gasteiger partial charge in [0.1, 0.15) is 5.75 Å². The van der Waals surface area contributed by atoms with Gasteiger partial charge in [0.15, 0.2) is 0 Å². The van der Waals surface area contributed by atoms with Gasteiger partial charge in [-0.3, -0.25) is 4.79 Å². The molecule has 0 spiro atoms. The molecule has 3 nitrogen and oxygen atoms in total. The maximum absolute atomic E-state index is 12.0. The Labute approximate surface area is 103 Å². The molecule has 1 aliphatic carbocycles.